The third kappa shape index (κ3) is 6.13. The highest BCUT2D eigenvalue weighted by atomic mass is 19.1. The number of nitrogens with zero attached hydrogens (tertiary/aromatic N) is 3. The quantitative estimate of drug-likeness (QED) is 0.384. The van der Waals surface area contributed by atoms with Crippen molar-refractivity contribution in [1.82, 2.24) is 9.80 Å². The maximum Gasteiger partial charge on any atom is 0.260 e. The molecule has 0 radical (unpaired) electrons. The molecule has 0 unspecified atom stereocenters. The summed E-state index contributed by atoms with van der Waals surface area (Å²) < 4.78 is 25.9. The molecule has 1 aliphatic rings. The highest BCUT2D eigenvalue weighted by Gasteiger charge is 2.32. The fourth-order valence-electron chi connectivity index (χ4n) is 3.93. The molecule has 1 atom stereocenters. The molecule has 0 spiro atoms. The van der Waals surface area contributed by atoms with E-state index in [1.165, 1.54) is 35.5 Å². The van der Waals surface area contributed by atoms with Crippen molar-refractivity contribution in [2.45, 2.75) is 19.3 Å². The Bertz CT molecular complexity index is 1190. The molecule has 8 nitrogen and oxygen atoms in total. The summed E-state index contributed by atoms with van der Waals surface area (Å²) in [6, 6.07) is 16.7. The van der Waals surface area contributed by atoms with Gasteiger partial charge in [-0.1, -0.05) is 30.3 Å². The highest BCUT2D eigenvalue weighted by Crippen LogP contribution is 2.18. The summed E-state index contributed by atoms with van der Waals surface area (Å²) >= 11 is 0. The fraction of sp³-hybridized carbons (Fsp3) is 0.269. The van der Waals surface area contributed by atoms with Crippen molar-refractivity contribution in [2.75, 3.05) is 26.7 Å². The Morgan fingerprint density at radius 3 is 2.60 bits per heavy atom. The number of methoxy groups -OCH3 is 1. The second kappa shape index (κ2) is 11.0. The van der Waals surface area contributed by atoms with Crippen LogP contribution in [0.1, 0.15) is 21.5 Å². The molecule has 35 heavy (non-hydrogen) atoms. The topological polar surface area (TPSA) is 86.0 Å². The van der Waals surface area contributed by atoms with Crippen molar-refractivity contribution in [1.29, 1.82) is 0 Å². The average molecular weight is 480 g/mol. The number of hydrogen-bond acceptors (Lipinski definition) is 5. The van der Waals surface area contributed by atoms with Crippen LogP contribution in [-0.2, 0) is 22.7 Å². The van der Waals surface area contributed by atoms with Crippen molar-refractivity contribution >= 4 is 11.8 Å². The number of hydrogen-bond donors (Lipinski definition) is 0. The van der Waals surface area contributed by atoms with E-state index >= 15 is 0 Å². The first-order valence-electron chi connectivity index (χ1n) is 11.2. The molecule has 2 aromatic carbocycles. The van der Waals surface area contributed by atoms with E-state index in [2.05, 4.69) is 0 Å². The third-order valence-corrected chi connectivity index (χ3v) is 5.80. The van der Waals surface area contributed by atoms with Gasteiger partial charge in [0.15, 0.2) is 12.4 Å². The van der Waals surface area contributed by atoms with E-state index in [0.717, 1.165) is 5.56 Å². The van der Waals surface area contributed by atoms with Gasteiger partial charge < -0.3 is 24.5 Å². The Morgan fingerprint density at radius 2 is 1.89 bits per heavy atom. The lowest BCUT2D eigenvalue weighted by Crippen LogP contribution is -2.40. The van der Waals surface area contributed by atoms with E-state index in [-0.39, 0.29) is 43.5 Å². The Kier molecular flexibility index (Phi) is 7.57. The maximum absolute atomic E-state index is 14.1. The largest absolute Gasteiger partial charge is 0.619 e. The van der Waals surface area contributed by atoms with E-state index in [1.54, 1.807) is 30.2 Å². The zero-order valence-corrected chi connectivity index (χ0v) is 19.3. The van der Waals surface area contributed by atoms with Gasteiger partial charge in [0.05, 0.1) is 19.8 Å². The lowest BCUT2D eigenvalue weighted by Gasteiger charge is -2.25. The second-order valence-electron chi connectivity index (χ2n) is 8.28. The lowest BCUT2D eigenvalue weighted by atomic mass is 10.2. The van der Waals surface area contributed by atoms with Gasteiger partial charge in [-0.3, -0.25) is 9.59 Å². The van der Waals surface area contributed by atoms with Crippen molar-refractivity contribution in [3.63, 3.8) is 0 Å². The van der Waals surface area contributed by atoms with E-state index in [9.17, 15) is 19.2 Å². The van der Waals surface area contributed by atoms with Crippen LogP contribution in [0.3, 0.4) is 0 Å². The Labute approximate surface area is 202 Å². The smallest absolute Gasteiger partial charge is 0.260 e. The molecule has 2 amide bonds. The predicted octanol–water partition coefficient (Wildman–Crippen LogP) is 2.54. The molecule has 0 bridgehead atoms. The molecule has 1 saturated heterocycles. The van der Waals surface area contributed by atoms with Crippen LogP contribution >= 0.6 is 0 Å². The first kappa shape index (κ1) is 24.2. The van der Waals surface area contributed by atoms with Gasteiger partial charge in [0, 0.05) is 31.3 Å². The number of rotatable bonds is 7. The van der Waals surface area contributed by atoms with Crippen LogP contribution in [0.25, 0.3) is 0 Å². The van der Waals surface area contributed by atoms with E-state index < -0.39 is 12.0 Å². The van der Waals surface area contributed by atoms with Gasteiger partial charge >= 0.3 is 0 Å². The number of aromatic nitrogens is 1. The minimum Gasteiger partial charge on any atom is -0.619 e. The zero-order valence-electron chi connectivity index (χ0n) is 19.3. The van der Waals surface area contributed by atoms with Gasteiger partial charge in [0.1, 0.15) is 23.7 Å². The van der Waals surface area contributed by atoms with Crippen LogP contribution in [0.15, 0.2) is 73.1 Å². The van der Waals surface area contributed by atoms with Crippen molar-refractivity contribution < 1.29 is 28.2 Å². The first-order chi connectivity index (χ1) is 16.9. The average Bonchev–Trinajstić information content (AvgIpc) is 3.02. The molecule has 4 rings (SSSR count). The van der Waals surface area contributed by atoms with E-state index in [1.807, 2.05) is 24.3 Å². The molecule has 0 saturated carbocycles. The molecular weight excluding hydrogens is 453 g/mol. The summed E-state index contributed by atoms with van der Waals surface area (Å²) in [7, 11) is 1.58. The Hall–Kier alpha value is -3.98. The molecule has 3 aromatic rings. The highest BCUT2D eigenvalue weighted by molar-refractivity contribution is 5.96. The summed E-state index contributed by atoms with van der Waals surface area (Å²) in [6.45, 7) is 0.486. The number of benzene rings is 2. The Morgan fingerprint density at radius 1 is 1.11 bits per heavy atom. The molecule has 2 heterocycles. The number of ether oxygens (including phenoxy) is 2. The second-order valence-corrected chi connectivity index (χ2v) is 8.28. The number of halogens is 1. The molecule has 1 aromatic heterocycles. The predicted molar refractivity (Wildman–Crippen MR) is 125 cm³/mol. The summed E-state index contributed by atoms with van der Waals surface area (Å²) in [6.07, 6.45) is 1.88. The molecule has 0 N–H and O–H groups in total. The SMILES string of the molecule is COc1ccc(CN2C[C@H](OCc3ccccc3F)CN(C(=O)c3ccc[n+]([O-])c3)CC2=O)cc1. The third-order valence-electron chi connectivity index (χ3n) is 5.80. The molecule has 0 aliphatic carbocycles. The number of pyridine rings is 1. The van der Waals surface area contributed by atoms with Crippen LogP contribution in [0.5, 0.6) is 5.75 Å². The van der Waals surface area contributed by atoms with Crippen LogP contribution in [-0.4, -0.2) is 54.5 Å². The Balaban J connectivity index is 1.55. The van der Waals surface area contributed by atoms with Crippen LogP contribution in [0, 0.1) is 11.0 Å². The molecular formula is C26H26FN3O5. The van der Waals surface area contributed by atoms with Gasteiger partial charge in [0.2, 0.25) is 5.91 Å². The van der Waals surface area contributed by atoms with Crippen LogP contribution in [0.4, 0.5) is 4.39 Å². The van der Waals surface area contributed by atoms with Crippen molar-refractivity contribution in [3.8, 4) is 5.75 Å². The molecule has 182 valence electrons. The van der Waals surface area contributed by atoms with Crippen molar-refractivity contribution in [2.24, 2.45) is 0 Å². The van der Waals surface area contributed by atoms with Gasteiger partial charge in [-0.15, -0.1) is 0 Å². The molecule has 1 fully saturated rings. The first-order valence-corrected chi connectivity index (χ1v) is 11.2. The standard InChI is InChI=1S/C26H26FN3O5/c1-34-22-10-8-19(9-11-22)13-28-15-23(35-18-21-5-2-3-7-24(21)27)16-29(17-25(28)31)26(32)20-6-4-12-30(33)14-20/h2-12,14,23H,13,15-18H2,1H3/t23-/m0/s1. The van der Waals surface area contributed by atoms with Gasteiger partial charge in [0.25, 0.3) is 5.91 Å². The zero-order chi connectivity index (χ0) is 24.8. The number of carbonyl (C=O) groups excluding carboxylic acids is 2. The fourth-order valence-corrected chi connectivity index (χ4v) is 3.93. The maximum atomic E-state index is 14.1. The summed E-state index contributed by atoms with van der Waals surface area (Å²) in [4.78, 5) is 29.3. The van der Waals surface area contributed by atoms with E-state index in [4.69, 9.17) is 9.47 Å². The summed E-state index contributed by atoms with van der Waals surface area (Å²) in [5, 5.41) is 11.7. The molecule has 9 heteroatoms. The van der Waals surface area contributed by atoms with Gasteiger partial charge in [-0.2, -0.15) is 4.73 Å². The van der Waals surface area contributed by atoms with Gasteiger partial charge in [-0.25, -0.2) is 4.39 Å². The van der Waals surface area contributed by atoms with Crippen LogP contribution < -0.4 is 9.47 Å². The van der Waals surface area contributed by atoms with Crippen molar-refractivity contribution in [3.05, 3.63) is 101 Å². The normalized spacial score (nSPS) is 16.2. The minimum absolute atomic E-state index is 0.00413. The van der Waals surface area contributed by atoms with E-state index in [0.29, 0.717) is 22.6 Å². The lowest BCUT2D eigenvalue weighted by molar-refractivity contribution is -0.605. The van der Waals surface area contributed by atoms with Crippen LogP contribution in [0.2, 0.25) is 0 Å². The minimum atomic E-state index is -0.564. The summed E-state index contributed by atoms with van der Waals surface area (Å²) in [5.74, 6) is -0.381. The summed E-state index contributed by atoms with van der Waals surface area (Å²) in [5.41, 5.74) is 1.45. The molecule has 1 aliphatic heterocycles. The monoisotopic (exact) mass is 479 g/mol. The number of amides is 2. The van der Waals surface area contributed by atoms with Gasteiger partial charge in [-0.05, 0) is 29.8 Å². The number of carbonyl (C=O) groups is 2.